The zero-order valence-corrected chi connectivity index (χ0v) is 18.8. The molecule has 0 saturated heterocycles. The van der Waals surface area contributed by atoms with Crippen LogP contribution in [0.25, 0.3) is 22.0 Å². The Labute approximate surface area is 192 Å². The Morgan fingerprint density at radius 1 is 0.938 bits per heavy atom. The van der Waals surface area contributed by atoms with Gasteiger partial charge in [-0.3, -0.25) is 4.99 Å². The average Bonchev–Trinajstić information content (AvgIpc) is 3.27. The van der Waals surface area contributed by atoms with Crippen molar-refractivity contribution in [1.29, 1.82) is 0 Å². The van der Waals surface area contributed by atoms with Crippen molar-refractivity contribution >= 4 is 33.9 Å². The molecular weight excluding hydrogens is 418 g/mol. The van der Waals surface area contributed by atoms with Gasteiger partial charge in [0.05, 0.1) is 28.7 Å². The molecule has 0 aliphatic carbocycles. The van der Waals surface area contributed by atoms with E-state index in [1.165, 1.54) is 5.39 Å². The Morgan fingerprint density at radius 3 is 2.41 bits per heavy atom. The normalized spacial score (nSPS) is 14.4. The number of hydrogen-bond donors (Lipinski definition) is 2. The second-order valence-corrected chi connectivity index (χ2v) is 8.98. The molecule has 2 heterocycles. The van der Waals surface area contributed by atoms with Gasteiger partial charge in [0.25, 0.3) is 0 Å². The van der Waals surface area contributed by atoms with Crippen molar-refractivity contribution in [2.45, 2.75) is 19.4 Å². The van der Waals surface area contributed by atoms with Gasteiger partial charge < -0.3 is 15.0 Å². The van der Waals surface area contributed by atoms with Gasteiger partial charge in [-0.2, -0.15) is 0 Å². The van der Waals surface area contributed by atoms with E-state index in [1.807, 2.05) is 41.6 Å². The number of anilines is 1. The molecule has 1 aliphatic heterocycles. The number of nitrogens with one attached hydrogen (secondary N) is 1. The summed E-state index contributed by atoms with van der Waals surface area (Å²) in [6, 6.07) is 24.6. The van der Waals surface area contributed by atoms with Crippen molar-refractivity contribution in [1.82, 2.24) is 4.98 Å². The third-order valence-electron chi connectivity index (χ3n) is 5.75. The van der Waals surface area contributed by atoms with Crippen molar-refractivity contribution in [3.05, 3.63) is 101 Å². The van der Waals surface area contributed by atoms with E-state index in [0.29, 0.717) is 17.3 Å². The lowest BCUT2D eigenvalue weighted by Crippen LogP contribution is -2.34. The van der Waals surface area contributed by atoms with Crippen LogP contribution >= 0.6 is 11.6 Å². The van der Waals surface area contributed by atoms with Crippen LogP contribution in [0.2, 0.25) is 5.02 Å². The summed E-state index contributed by atoms with van der Waals surface area (Å²) in [5.74, 6) is 0. The van der Waals surface area contributed by atoms with Crippen molar-refractivity contribution in [2.24, 2.45) is 4.99 Å². The zero-order valence-electron chi connectivity index (χ0n) is 18.0. The van der Waals surface area contributed by atoms with Crippen LogP contribution in [0, 0.1) is 0 Å². The van der Waals surface area contributed by atoms with Gasteiger partial charge in [0.2, 0.25) is 0 Å². The molecule has 0 radical (unpaired) electrons. The van der Waals surface area contributed by atoms with Crippen LogP contribution in [0.4, 0.5) is 5.69 Å². The van der Waals surface area contributed by atoms with E-state index in [2.05, 4.69) is 53.5 Å². The van der Waals surface area contributed by atoms with Crippen molar-refractivity contribution in [3.8, 4) is 11.1 Å². The van der Waals surface area contributed by atoms with Crippen molar-refractivity contribution in [2.75, 3.05) is 11.4 Å². The highest BCUT2D eigenvalue weighted by Gasteiger charge is 2.26. The summed E-state index contributed by atoms with van der Waals surface area (Å²) < 4.78 is 0. The first-order chi connectivity index (χ1) is 15.4. The Bertz CT molecular complexity index is 1340. The number of aromatic amines is 1. The smallest absolute Gasteiger partial charge is 0.102 e. The van der Waals surface area contributed by atoms with Gasteiger partial charge in [0.1, 0.15) is 5.60 Å². The van der Waals surface area contributed by atoms with E-state index in [9.17, 15) is 5.11 Å². The lowest BCUT2D eigenvalue weighted by molar-refractivity contribution is 0.118. The number of aromatic nitrogens is 1. The van der Waals surface area contributed by atoms with Gasteiger partial charge in [-0.25, -0.2) is 0 Å². The third-order valence-corrected chi connectivity index (χ3v) is 6.07. The minimum absolute atomic E-state index is 0.567. The molecule has 0 bridgehead atoms. The molecule has 0 saturated carbocycles. The molecule has 1 aliphatic rings. The maximum absolute atomic E-state index is 10.7. The first kappa shape index (κ1) is 20.6. The summed E-state index contributed by atoms with van der Waals surface area (Å²) in [4.78, 5) is 10.1. The largest absolute Gasteiger partial charge is 0.384 e. The minimum atomic E-state index is -1.07. The second-order valence-electron chi connectivity index (χ2n) is 8.57. The van der Waals surface area contributed by atoms with E-state index in [0.717, 1.165) is 33.6 Å². The number of para-hydroxylation sites is 1. The van der Waals surface area contributed by atoms with E-state index >= 15 is 0 Å². The number of fused-ring (bicyclic) bond motifs is 1. The number of halogens is 1. The standard InChI is InChI=1S/C27H24ClN3O/c1-27(2,32)26-17-31(25-6-4-3-5-22(25)28)16-24(30-26)19-9-7-18(8-10-19)21-12-11-20-13-14-29-23(20)15-21/h3-15,17,29,32H,16H2,1-2H3. The lowest BCUT2D eigenvalue weighted by atomic mass is 9.99. The summed E-state index contributed by atoms with van der Waals surface area (Å²) in [5, 5.41) is 12.5. The first-order valence-corrected chi connectivity index (χ1v) is 11.0. The molecule has 4 nitrogen and oxygen atoms in total. The summed E-state index contributed by atoms with van der Waals surface area (Å²) in [6.07, 6.45) is 3.84. The highest BCUT2D eigenvalue weighted by Crippen LogP contribution is 2.31. The number of nitrogens with zero attached hydrogens (tertiary/aromatic N) is 2. The molecule has 0 atom stereocenters. The second kappa shape index (κ2) is 7.97. The van der Waals surface area contributed by atoms with E-state index in [1.54, 1.807) is 13.8 Å². The summed E-state index contributed by atoms with van der Waals surface area (Å²) in [6.45, 7) is 4.06. The molecule has 32 heavy (non-hydrogen) atoms. The zero-order chi connectivity index (χ0) is 22.3. The number of benzene rings is 3. The van der Waals surface area contributed by atoms with Gasteiger partial charge in [0, 0.05) is 17.9 Å². The molecule has 3 aromatic carbocycles. The fraction of sp³-hybridized carbons (Fsp3) is 0.148. The summed E-state index contributed by atoms with van der Waals surface area (Å²) >= 11 is 6.46. The van der Waals surface area contributed by atoms with Gasteiger partial charge >= 0.3 is 0 Å². The van der Waals surface area contributed by atoms with Crippen LogP contribution in [-0.2, 0) is 0 Å². The topological polar surface area (TPSA) is 51.6 Å². The molecule has 160 valence electrons. The van der Waals surface area contributed by atoms with Gasteiger partial charge in [-0.05, 0) is 60.2 Å². The third kappa shape index (κ3) is 3.95. The van der Waals surface area contributed by atoms with E-state index in [-0.39, 0.29) is 0 Å². The highest BCUT2D eigenvalue weighted by molar-refractivity contribution is 6.33. The highest BCUT2D eigenvalue weighted by atomic mass is 35.5. The van der Waals surface area contributed by atoms with Crippen LogP contribution < -0.4 is 4.90 Å². The number of H-pyrrole nitrogens is 1. The monoisotopic (exact) mass is 441 g/mol. The number of aliphatic hydroxyl groups is 1. The average molecular weight is 442 g/mol. The van der Waals surface area contributed by atoms with Crippen molar-refractivity contribution < 1.29 is 5.11 Å². The molecule has 1 aromatic heterocycles. The summed E-state index contributed by atoms with van der Waals surface area (Å²) in [7, 11) is 0. The van der Waals surface area contributed by atoms with Crippen LogP contribution in [-0.4, -0.2) is 27.9 Å². The van der Waals surface area contributed by atoms with Crippen LogP contribution in [0.5, 0.6) is 0 Å². The predicted molar refractivity (Wildman–Crippen MR) is 133 cm³/mol. The molecule has 0 spiro atoms. The van der Waals surface area contributed by atoms with Gasteiger partial charge in [0.15, 0.2) is 0 Å². The summed E-state index contributed by atoms with van der Waals surface area (Å²) in [5.41, 5.74) is 5.74. The van der Waals surface area contributed by atoms with Crippen molar-refractivity contribution in [3.63, 3.8) is 0 Å². The molecule has 0 unspecified atom stereocenters. The van der Waals surface area contributed by atoms with Crippen LogP contribution in [0.1, 0.15) is 19.4 Å². The Hall–Kier alpha value is -3.34. The van der Waals surface area contributed by atoms with Gasteiger partial charge in [-0.15, -0.1) is 0 Å². The minimum Gasteiger partial charge on any atom is -0.384 e. The quantitative estimate of drug-likeness (QED) is 0.384. The number of hydrogen-bond acceptors (Lipinski definition) is 3. The Kier molecular flexibility index (Phi) is 5.12. The lowest BCUT2D eigenvalue weighted by Gasteiger charge is -2.31. The fourth-order valence-electron chi connectivity index (χ4n) is 3.94. The first-order valence-electron chi connectivity index (χ1n) is 10.6. The fourth-order valence-corrected chi connectivity index (χ4v) is 4.18. The Balaban J connectivity index is 1.49. The SMILES string of the molecule is CC(C)(O)C1=CN(c2ccccc2Cl)CC(c2ccc(-c3ccc4cc[nH]c4c3)cc2)=N1. The maximum Gasteiger partial charge on any atom is 0.102 e. The molecule has 5 heteroatoms. The molecular formula is C27H24ClN3O. The van der Waals surface area contributed by atoms with Gasteiger partial charge in [-0.1, -0.05) is 60.1 Å². The van der Waals surface area contributed by atoms with E-state index in [4.69, 9.17) is 16.6 Å². The van der Waals surface area contributed by atoms with E-state index < -0.39 is 5.60 Å². The molecule has 5 rings (SSSR count). The number of aliphatic imine (C=N–C) groups is 1. The van der Waals surface area contributed by atoms with Crippen LogP contribution in [0.15, 0.2) is 95.9 Å². The maximum atomic E-state index is 10.7. The molecule has 2 N–H and O–H groups in total. The predicted octanol–water partition coefficient (Wildman–Crippen LogP) is 6.41. The molecule has 0 fully saturated rings. The Morgan fingerprint density at radius 2 is 1.66 bits per heavy atom. The van der Waals surface area contributed by atoms with Crippen LogP contribution in [0.3, 0.4) is 0 Å². The molecule has 4 aromatic rings. The molecule has 0 amide bonds. The number of rotatable bonds is 4.